The van der Waals surface area contributed by atoms with Crippen molar-refractivity contribution in [2.24, 2.45) is 0 Å². The summed E-state index contributed by atoms with van der Waals surface area (Å²) >= 11 is 7.63. The number of benzene rings is 2. The van der Waals surface area contributed by atoms with E-state index in [1.165, 1.54) is 29.5 Å². The Kier molecular flexibility index (Phi) is 8.01. The summed E-state index contributed by atoms with van der Waals surface area (Å²) in [6, 6.07) is 10.9. The van der Waals surface area contributed by atoms with Gasteiger partial charge in [-0.1, -0.05) is 24.6 Å². The molecule has 0 aliphatic heterocycles. The van der Waals surface area contributed by atoms with Crippen LogP contribution in [-0.2, 0) is 19.8 Å². The zero-order valence-corrected chi connectivity index (χ0v) is 18.9. The van der Waals surface area contributed by atoms with Crippen molar-refractivity contribution in [1.82, 2.24) is 9.88 Å². The lowest BCUT2D eigenvalue weighted by molar-refractivity contribution is 0.0669. The molecule has 1 heterocycles. The SMILES string of the molecule is CC[C@H](C)N(Cc1cc(Cl)ccc1OCc1nc(CO)cs1)C(=O)c1cccc(F)c1. The number of aliphatic hydroxyl groups excluding tert-OH is 1. The Balaban J connectivity index is 1.84. The normalized spacial score (nSPS) is 11.9. The van der Waals surface area contributed by atoms with Crippen molar-refractivity contribution in [2.75, 3.05) is 0 Å². The highest BCUT2D eigenvalue weighted by Gasteiger charge is 2.23. The number of carbonyl (C=O) groups excluding carboxylic acids is 1. The maximum atomic E-state index is 13.7. The zero-order chi connectivity index (χ0) is 22.4. The van der Waals surface area contributed by atoms with Crippen LogP contribution in [-0.4, -0.2) is 26.9 Å². The molecule has 164 valence electrons. The average molecular weight is 463 g/mol. The number of hydrogen-bond donors (Lipinski definition) is 1. The number of hydrogen-bond acceptors (Lipinski definition) is 5. The number of halogens is 2. The molecular weight excluding hydrogens is 439 g/mol. The molecule has 1 atom stereocenters. The molecule has 2 aromatic carbocycles. The van der Waals surface area contributed by atoms with Crippen molar-refractivity contribution in [2.45, 2.75) is 46.1 Å². The van der Waals surface area contributed by atoms with Gasteiger partial charge < -0.3 is 14.7 Å². The summed E-state index contributed by atoms with van der Waals surface area (Å²) in [5, 5.41) is 12.2. The highest BCUT2D eigenvalue weighted by Crippen LogP contribution is 2.27. The van der Waals surface area contributed by atoms with Crippen molar-refractivity contribution < 1.29 is 19.0 Å². The van der Waals surface area contributed by atoms with Gasteiger partial charge >= 0.3 is 0 Å². The summed E-state index contributed by atoms with van der Waals surface area (Å²) in [6.07, 6.45) is 0.737. The number of thiazole rings is 1. The summed E-state index contributed by atoms with van der Waals surface area (Å²) < 4.78 is 19.6. The predicted octanol–water partition coefficient (Wildman–Crippen LogP) is 5.45. The first-order valence-electron chi connectivity index (χ1n) is 9.93. The molecule has 3 aromatic rings. The number of ether oxygens (including phenoxy) is 1. The van der Waals surface area contributed by atoms with E-state index in [-0.39, 0.29) is 31.7 Å². The van der Waals surface area contributed by atoms with Crippen LogP contribution in [0, 0.1) is 5.82 Å². The first kappa shape index (κ1) is 23.2. The van der Waals surface area contributed by atoms with Crippen LogP contribution in [0.3, 0.4) is 0 Å². The molecule has 8 heteroatoms. The van der Waals surface area contributed by atoms with Gasteiger partial charge in [0.1, 0.15) is 23.2 Å². The number of aromatic nitrogens is 1. The number of amides is 1. The second-order valence-corrected chi connectivity index (χ2v) is 8.51. The molecule has 0 aliphatic carbocycles. The van der Waals surface area contributed by atoms with Gasteiger partial charge in [-0.15, -0.1) is 11.3 Å². The Morgan fingerprint density at radius 2 is 2.13 bits per heavy atom. The smallest absolute Gasteiger partial charge is 0.254 e. The second-order valence-electron chi connectivity index (χ2n) is 7.13. The molecule has 0 bridgehead atoms. The van der Waals surface area contributed by atoms with E-state index in [0.29, 0.717) is 22.0 Å². The quantitative estimate of drug-likeness (QED) is 0.459. The molecule has 5 nitrogen and oxygen atoms in total. The Hall–Kier alpha value is -2.48. The molecule has 1 N–H and O–H groups in total. The Morgan fingerprint density at radius 3 is 2.81 bits per heavy atom. The van der Waals surface area contributed by atoms with Gasteiger partial charge in [-0.25, -0.2) is 9.37 Å². The first-order valence-corrected chi connectivity index (χ1v) is 11.2. The van der Waals surface area contributed by atoms with Gasteiger partial charge in [-0.05, 0) is 49.7 Å². The highest BCUT2D eigenvalue weighted by atomic mass is 35.5. The highest BCUT2D eigenvalue weighted by molar-refractivity contribution is 7.09. The van der Waals surface area contributed by atoms with E-state index in [9.17, 15) is 14.3 Å². The maximum Gasteiger partial charge on any atom is 0.254 e. The van der Waals surface area contributed by atoms with E-state index in [4.69, 9.17) is 16.3 Å². The Labute approximate surface area is 190 Å². The number of carbonyl (C=O) groups is 1. The van der Waals surface area contributed by atoms with Crippen LogP contribution in [0.25, 0.3) is 0 Å². The lowest BCUT2D eigenvalue weighted by Crippen LogP contribution is -2.38. The van der Waals surface area contributed by atoms with Gasteiger partial charge in [0.15, 0.2) is 0 Å². The molecule has 3 rings (SSSR count). The van der Waals surface area contributed by atoms with Crippen LogP contribution in [0.4, 0.5) is 4.39 Å². The maximum absolute atomic E-state index is 13.7. The first-order chi connectivity index (χ1) is 14.9. The summed E-state index contributed by atoms with van der Waals surface area (Å²) in [7, 11) is 0. The zero-order valence-electron chi connectivity index (χ0n) is 17.3. The van der Waals surface area contributed by atoms with Crippen molar-refractivity contribution >= 4 is 28.8 Å². The van der Waals surface area contributed by atoms with Crippen LogP contribution in [0.5, 0.6) is 5.75 Å². The van der Waals surface area contributed by atoms with Crippen molar-refractivity contribution in [3.05, 3.63) is 80.5 Å². The van der Waals surface area contributed by atoms with Gasteiger partial charge in [0, 0.05) is 34.1 Å². The molecule has 0 radical (unpaired) electrons. The monoisotopic (exact) mass is 462 g/mol. The molecular formula is C23H24ClFN2O3S. The fourth-order valence-corrected chi connectivity index (χ4v) is 3.95. The minimum atomic E-state index is -0.451. The van der Waals surface area contributed by atoms with Crippen molar-refractivity contribution in [3.8, 4) is 5.75 Å². The largest absolute Gasteiger partial charge is 0.486 e. The third-order valence-corrected chi connectivity index (χ3v) is 6.04. The summed E-state index contributed by atoms with van der Waals surface area (Å²) in [5.41, 5.74) is 1.64. The molecule has 0 aliphatic rings. The van der Waals surface area contributed by atoms with E-state index < -0.39 is 5.82 Å². The summed E-state index contributed by atoms with van der Waals surface area (Å²) in [5.74, 6) is -0.120. The van der Waals surface area contributed by atoms with Gasteiger partial charge in [-0.2, -0.15) is 0 Å². The van der Waals surface area contributed by atoms with E-state index in [1.54, 1.807) is 34.5 Å². The topological polar surface area (TPSA) is 62.7 Å². The minimum Gasteiger partial charge on any atom is -0.486 e. The van der Waals surface area contributed by atoms with E-state index >= 15 is 0 Å². The van der Waals surface area contributed by atoms with E-state index in [1.807, 2.05) is 13.8 Å². The molecule has 0 fully saturated rings. The van der Waals surface area contributed by atoms with Crippen LogP contribution in [0.1, 0.15) is 46.9 Å². The van der Waals surface area contributed by atoms with Gasteiger partial charge in [-0.3, -0.25) is 4.79 Å². The van der Waals surface area contributed by atoms with Crippen molar-refractivity contribution in [1.29, 1.82) is 0 Å². The molecule has 1 aromatic heterocycles. The molecule has 0 unspecified atom stereocenters. The van der Waals surface area contributed by atoms with Gasteiger partial charge in [0.2, 0.25) is 0 Å². The fourth-order valence-electron chi connectivity index (χ4n) is 3.06. The lowest BCUT2D eigenvalue weighted by atomic mass is 10.1. The van der Waals surface area contributed by atoms with Crippen LogP contribution >= 0.6 is 22.9 Å². The van der Waals surface area contributed by atoms with Crippen molar-refractivity contribution in [3.63, 3.8) is 0 Å². The molecule has 31 heavy (non-hydrogen) atoms. The second kappa shape index (κ2) is 10.7. The van der Waals surface area contributed by atoms with E-state index in [0.717, 1.165) is 17.0 Å². The number of nitrogens with zero attached hydrogens (tertiary/aromatic N) is 2. The third-order valence-electron chi connectivity index (χ3n) is 4.93. The van der Waals surface area contributed by atoms with Crippen LogP contribution < -0.4 is 4.74 Å². The third kappa shape index (κ3) is 6.03. The molecule has 0 spiro atoms. The molecule has 0 saturated carbocycles. The fraction of sp³-hybridized carbons (Fsp3) is 0.304. The minimum absolute atomic E-state index is 0.0753. The Bertz CT molecular complexity index is 1040. The standard InChI is InChI=1S/C23H24ClFN2O3S/c1-3-15(2)27(23(29)16-5-4-6-19(25)10-16)11-17-9-18(24)7-8-21(17)30-13-22-26-20(12-28)14-31-22/h4-10,14-15,28H,3,11-13H2,1-2H3/t15-/m0/s1. The number of rotatable bonds is 9. The summed E-state index contributed by atoms with van der Waals surface area (Å²) in [4.78, 5) is 19.1. The van der Waals surface area contributed by atoms with Crippen LogP contribution in [0.2, 0.25) is 5.02 Å². The Morgan fingerprint density at radius 1 is 1.32 bits per heavy atom. The summed E-state index contributed by atoms with van der Waals surface area (Å²) in [6.45, 7) is 4.33. The molecule has 1 amide bonds. The predicted molar refractivity (Wildman–Crippen MR) is 120 cm³/mol. The lowest BCUT2D eigenvalue weighted by Gasteiger charge is -2.29. The van der Waals surface area contributed by atoms with Gasteiger partial charge in [0.25, 0.3) is 5.91 Å². The van der Waals surface area contributed by atoms with Crippen LogP contribution in [0.15, 0.2) is 47.8 Å². The van der Waals surface area contributed by atoms with Gasteiger partial charge in [0.05, 0.1) is 12.3 Å². The average Bonchev–Trinajstić information content (AvgIpc) is 3.24. The number of aliphatic hydroxyl groups is 1. The molecule has 0 saturated heterocycles. The van der Waals surface area contributed by atoms with E-state index in [2.05, 4.69) is 4.98 Å².